The maximum atomic E-state index is 6.56. The van der Waals surface area contributed by atoms with Gasteiger partial charge in [0.1, 0.15) is 11.2 Å². The molecular formula is C54H35NO. The van der Waals surface area contributed by atoms with Crippen molar-refractivity contribution in [3.63, 3.8) is 0 Å². The van der Waals surface area contributed by atoms with Gasteiger partial charge in [-0.3, -0.25) is 0 Å². The van der Waals surface area contributed by atoms with Gasteiger partial charge < -0.3 is 9.32 Å². The molecular weight excluding hydrogens is 679 g/mol. The highest BCUT2D eigenvalue weighted by Gasteiger charge is 2.22. The van der Waals surface area contributed by atoms with E-state index in [2.05, 4.69) is 217 Å². The van der Waals surface area contributed by atoms with Crippen LogP contribution in [0.5, 0.6) is 0 Å². The predicted molar refractivity (Wildman–Crippen MR) is 237 cm³/mol. The number of hydrogen-bond acceptors (Lipinski definition) is 2. The molecule has 0 N–H and O–H groups in total. The van der Waals surface area contributed by atoms with E-state index in [-0.39, 0.29) is 0 Å². The Kier molecular flexibility index (Phi) is 7.53. The van der Waals surface area contributed by atoms with Crippen LogP contribution in [0.4, 0.5) is 17.1 Å². The number of rotatable bonds is 6. The molecule has 11 aromatic rings. The highest BCUT2D eigenvalue weighted by molar-refractivity contribution is 6.17. The largest absolute Gasteiger partial charge is 0.456 e. The Morgan fingerprint density at radius 3 is 1.73 bits per heavy atom. The summed E-state index contributed by atoms with van der Waals surface area (Å²) in [6.45, 7) is 0. The fourth-order valence-electron chi connectivity index (χ4n) is 8.57. The molecule has 0 fully saturated rings. The summed E-state index contributed by atoms with van der Waals surface area (Å²) in [6, 6.07) is 76.5. The number of para-hydroxylation sites is 2. The molecule has 1 heterocycles. The van der Waals surface area contributed by atoms with Crippen molar-refractivity contribution in [3.05, 3.63) is 212 Å². The summed E-state index contributed by atoms with van der Waals surface area (Å²) in [5.41, 5.74) is 12.0. The van der Waals surface area contributed by atoms with E-state index in [0.29, 0.717) is 0 Å². The highest BCUT2D eigenvalue weighted by Crippen LogP contribution is 2.47. The standard InChI is InChI=1S/C54H35NO/c1-2-13-37(14-3-1)46-19-8-10-22-50(46)55(43-30-27-36(28-31-43)41-29-32-45-42(33-41)26-25-38-15-6-7-18-44(38)45)51-23-11-9-20-47(51)48-21-12-24-52-54(48)49-34-39-16-4-5-17-40(39)35-53(49)56-52/h1-35H. The minimum absolute atomic E-state index is 0.881. The van der Waals surface area contributed by atoms with Gasteiger partial charge in [0.15, 0.2) is 0 Å². The van der Waals surface area contributed by atoms with Gasteiger partial charge >= 0.3 is 0 Å². The molecule has 0 amide bonds. The van der Waals surface area contributed by atoms with Crippen molar-refractivity contribution >= 4 is 71.3 Å². The topological polar surface area (TPSA) is 16.4 Å². The quantitative estimate of drug-likeness (QED) is 0.160. The minimum Gasteiger partial charge on any atom is -0.456 e. The molecule has 0 aliphatic heterocycles. The van der Waals surface area contributed by atoms with Gasteiger partial charge in [-0.15, -0.1) is 0 Å². The van der Waals surface area contributed by atoms with E-state index in [1.807, 2.05) is 0 Å². The zero-order valence-electron chi connectivity index (χ0n) is 30.6. The molecule has 0 unspecified atom stereocenters. The molecule has 0 radical (unpaired) electrons. The molecule has 0 saturated carbocycles. The van der Waals surface area contributed by atoms with E-state index in [1.165, 1.54) is 49.0 Å². The van der Waals surface area contributed by atoms with Crippen LogP contribution in [0.2, 0.25) is 0 Å². The molecule has 0 spiro atoms. The van der Waals surface area contributed by atoms with Crippen LogP contribution in [0.15, 0.2) is 217 Å². The zero-order valence-corrected chi connectivity index (χ0v) is 30.6. The van der Waals surface area contributed by atoms with Gasteiger partial charge in [-0.05, 0) is 103 Å². The Labute approximate surface area is 325 Å². The lowest BCUT2D eigenvalue weighted by Crippen LogP contribution is -2.12. The average molecular weight is 714 g/mol. The van der Waals surface area contributed by atoms with Gasteiger partial charge in [0.2, 0.25) is 0 Å². The Morgan fingerprint density at radius 2 is 0.911 bits per heavy atom. The third-order valence-electron chi connectivity index (χ3n) is 11.2. The van der Waals surface area contributed by atoms with Crippen LogP contribution in [-0.4, -0.2) is 0 Å². The van der Waals surface area contributed by atoms with Crippen molar-refractivity contribution < 1.29 is 4.42 Å². The summed E-state index contributed by atoms with van der Waals surface area (Å²) >= 11 is 0. The van der Waals surface area contributed by atoms with Crippen molar-refractivity contribution in [2.24, 2.45) is 0 Å². The minimum atomic E-state index is 0.881. The molecule has 10 aromatic carbocycles. The fourth-order valence-corrected chi connectivity index (χ4v) is 8.57. The van der Waals surface area contributed by atoms with Crippen LogP contribution < -0.4 is 4.90 Å². The van der Waals surface area contributed by atoms with Crippen LogP contribution in [0.25, 0.3) is 87.6 Å². The van der Waals surface area contributed by atoms with Crippen LogP contribution in [0.3, 0.4) is 0 Å². The third kappa shape index (κ3) is 5.34. The number of benzene rings is 10. The van der Waals surface area contributed by atoms with Gasteiger partial charge in [0.25, 0.3) is 0 Å². The maximum Gasteiger partial charge on any atom is 0.136 e. The average Bonchev–Trinajstić information content (AvgIpc) is 3.64. The van der Waals surface area contributed by atoms with Gasteiger partial charge in [-0.1, -0.05) is 164 Å². The molecule has 2 heteroatoms. The number of furan rings is 1. The van der Waals surface area contributed by atoms with Gasteiger partial charge in [0.05, 0.1) is 11.4 Å². The van der Waals surface area contributed by atoms with Crippen LogP contribution in [0.1, 0.15) is 0 Å². The van der Waals surface area contributed by atoms with Crippen molar-refractivity contribution in [3.8, 4) is 33.4 Å². The predicted octanol–water partition coefficient (Wildman–Crippen LogP) is 15.5. The maximum absolute atomic E-state index is 6.56. The first kappa shape index (κ1) is 32.0. The summed E-state index contributed by atoms with van der Waals surface area (Å²) in [6.07, 6.45) is 0. The van der Waals surface area contributed by atoms with Crippen molar-refractivity contribution in [1.82, 2.24) is 0 Å². The van der Waals surface area contributed by atoms with E-state index in [1.54, 1.807) is 0 Å². The van der Waals surface area contributed by atoms with Gasteiger partial charge in [-0.25, -0.2) is 0 Å². The Balaban J connectivity index is 1.10. The van der Waals surface area contributed by atoms with Crippen LogP contribution >= 0.6 is 0 Å². The molecule has 56 heavy (non-hydrogen) atoms. The number of hydrogen-bond donors (Lipinski definition) is 0. The van der Waals surface area contributed by atoms with E-state index in [4.69, 9.17) is 4.42 Å². The van der Waals surface area contributed by atoms with E-state index in [9.17, 15) is 0 Å². The summed E-state index contributed by atoms with van der Waals surface area (Å²) in [5.74, 6) is 0. The molecule has 11 rings (SSSR count). The Morgan fingerprint density at radius 1 is 0.304 bits per heavy atom. The van der Waals surface area contributed by atoms with Crippen LogP contribution in [0, 0.1) is 0 Å². The molecule has 0 saturated heterocycles. The zero-order chi connectivity index (χ0) is 37.0. The molecule has 1 aromatic heterocycles. The second kappa shape index (κ2) is 13.2. The Hall–Kier alpha value is -7.42. The summed E-state index contributed by atoms with van der Waals surface area (Å²) < 4.78 is 6.56. The molecule has 0 bridgehead atoms. The number of anilines is 3. The van der Waals surface area contributed by atoms with Gasteiger partial charge in [-0.2, -0.15) is 0 Å². The fraction of sp³-hybridized carbons (Fsp3) is 0. The highest BCUT2D eigenvalue weighted by atomic mass is 16.3. The van der Waals surface area contributed by atoms with Crippen LogP contribution in [-0.2, 0) is 0 Å². The lowest BCUT2D eigenvalue weighted by atomic mass is 9.95. The van der Waals surface area contributed by atoms with Crippen molar-refractivity contribution in [2.75, 3.05) is 4.90 Å². The smallest absolute Gasteiger partial charge is 0.136 e. The normalized spacial score (nSPS) is 11.6. The summed E-state index contributed by atoms with van der Waals surface area (Å²) in [7, 11) is 0. The monoisotopic (exact) mass is 713 g/mol. The molecule has 0 aliphatic carbocycles. The van der Waals surface area contributed by atoms with E-state index in [0.717, 1.165) is 55.7 Å². The molecule has 2 nitrogen and oxygen atoms in total. The number of nitrogens with zero attached hydrogens (tertiary/aromatic N) is 1. The first-order valence-corrected chi connectivity index (χ1v) is 19.2. The lowest BCUT2D eigenvalue weighted by molar-refractivity contribution is 0.669. The second-order valence-electron chi connectivity index (χ2n) is 14.5. The van der Waals surface area contributed by atoms with Crippen molar-refractivity contribution in [1.29, 1.82) is 0 Å². The SMILES string of the molecule is c1ccc(-c2ccccc2N(c2ccc(-c3ccc4c(ccc5ccccc54)c3)cc2)c2ccccc2-c2cccc3oc4cc5ccccc5cc4c23)cc1. The van der Waals surface area contributed by atoms with E-state index < -0.39 is 0 Å². The van der Waals surface area contributed by atoms with Crippen molar-refractivity contribution in [2.45, 2.75) is 0 Å². The lowest BCUT2D eigenvalue weighted by Gasteiger charge is -2.30. The summed E-state index contributed by atoms with van der Waals surface area (Å²) in [4.78, 5) is 2.42. The first-order chi connectivity index (χ1) is 27.8. The number of fused-ring (bicyclic) bond motifs is 7. The molecule has 0 aliphatic rings. The third-order valence-corrected chi connectivity index (χ3v) is 11.2. The van der Waals surface area contributed by atoms with Gasteiger partial charge in [0, 0.05) is 27.6 Å². The Bertz CT molecular complexity index is 3250. The first-order valence-electron chi connectivity index (χ1n) is 19.2. The summed E-state index contributed by atoms with van der Waals surface area (Å²) in [5, 5.41) is 9.67. The molecule has 0 atom stereocenters. The van der Waals surface area contributed by atoms with E-state index >= 15 is 0 Å². The second-order valence-corrected chi connectivity index (χ2v) is 14.5. The molecule has 262 valence electrons.